The van der Waals surface area contributed by atoms with Crippen molar-refractivity contribution >= 4 is 0 Å². The average Bonchev–Trinajstić information content (AvgIpc) is 1.97. The van der Waals surface area contributed by atoms with Gasteiger partial charge in [0, 0.05) is 0 Å². The van der Waals surface area contributed by atoms with Crippen LogP contribution in [0.1, 0.15) is 34.6 Å². The first kappa shape index (κ1) is 11.4. The topological polar surface area (TPSA) is 35.8 Å². The minimum absolute atomic E-state index is 0.0326. The van der Waals surface area contributed by atoms with Crippen LogP contribution < -0.4 is 5.32 Å². The number of nitrogens with zero attached hydrogens (tertiary/aromatic N) is 1. The van der Waals surface area contributed by atoms with Crippen molar-refractivity contribution in [2.24, 2.45) is 11.3 Å². The Morgan fingerprint density at radius 3 is 2.17 bits per heavy atom. The molecular formula is C10H20N2. The van der Waals surface area contributed by atoms with Crippen molar-refractivity contribution in [2.45, 2.75) is 40.7 Å². The van der Waals surface area contributed by atoms with Gasteiger partial charge in [0.05, 0.1) is 12.1 Å². The summed E-state index contributed by atoms with van der Waals surface area (Å²) >= 11 is 0. The maximum Gasteiger partial charge on any atom is 0.0924 e. The first-order chi connectivity index (χ1) is 5.38. The lowest BCUT2D eigenvalue weighted by molar-refractivity contribution is 0.251. The smallest absolute Gasteiger partial charge is 0.0924 e. The van der Waals surface area contributed by atoms with Gasteiger partial charge in [0.15, 0.2) is 0 Å². The van der Waals surface area contributed by atoms with E-state index in [0.717, 1.165) is 6.54 Å². The van der Waals surface area contributed by atoms with Gasteiger partial charge in [-0.05, 0) is 24.8 Å². The van der Waals surface area contributed by atoms with Crippen LogP contribution in [-0.4, -0.2) is 12.6 Å². The van der Waals surface area contributed by atoms with E-state index in [4.69, 9.17) is 5.26 Å². The first-order valence-corrected chi connectivity index (χ1v) is 4.51. The number of hydrogen-bond donors (Lipinski definition) is 1. The molecule has 0 aromatic carbocycles. The molecule has 0 aliphatic rings. The van der Waals surface area contributed by atoms with Crippen LogP contribution in [0.4, 0.5) is 0 Å². The molecule has 2 unspecified atom stereocenters. The lowest BCUT2D eigenvalue weighted by atomic mass is 9.82. The molecule has 0 aromatic heterocycles. The molecule has 0 saturated carbocycles. The second-order valence-corrected chi connectivity index (χ2v) is 4.53. The Bertz CT molecular complexity index is 162. The van der Waals surface area contributed by atoms with Gasteiger partial charge < -0.3 is 5.32 Å². The molecule has 2 heteroatoms. The van der Waals surface area contributed by atoms with Crippen LogP contribution in [0.25, 0.3) is 0 Å². The summed E-state index contributed by atoms with van der Waals surface area (Å²) in [6.07, 6.45) is 0. The van der Waals surface area contributed by atoms with Gasteiger partial charge in [0.2, 0.25) is 0 Å². The zero-order valence-electron chi connectivity index (χ0n) is 8.81. The highest BCUT2D eigenvalue weighted by Crippen LogP contribution is 2.24. The Hall–Kier alpha value is -0.550. The highest BCUT2D eigenvalue weighted by atomic mass is 14.9. The Labute approximate surface area is 76.0 Å². The summed E-state index contributed by atoms with van der Waals surface area (Å²) in [5.74, 6) is 0.591. The fourth-order valence-electron chi connectivity index (χ4n) is 0.705. The normalized spacial score (nSPS) is 16.7. The maximum absolute atomic E-state index is 8.54. The Morgan fingerprint density at radius 1 is 1.33 bits per heavy atom. The molecular weight excluding hydrogens is 148 g/mol. The zero-order chi connectivity index (χ0) is 9.78. The molecule has 0 saturated heterocycles. The lowest BCUT2D eigenvalue weighted by Gasteiger charge is -2.27. The maximum atomic E-state index is 8.54. The van der Waals surface area contributed by atoms with Gasteiger partial charge in [-0.3, -0.25) is 0 Å². The van der Waals surface area contributed by atoms with Gasteiger partial charge in [0.1, 0.15) is 0 Å². The fraction of sp³-hybridized carbons (Fsp3) is 0.900. The summed E-state index contributed by atoms with van der Waals surface area (Å²) in [5.41, 5.74) is 0.322. The lowest BCUT2D eigenvalue weighted by Crippen LogP contribution is -2.34. The van der Waals surface area contributed by atoms with Crippen molar-refractivity contribution in [3.63, 3.8) is 0 Å². The molecule has 70 valence electrons. The van der Waals surface area contributed by atoms with E-state index in [0.29, 0.717) is 11.3 Å². The third-order valence-electron chi connectivity index (χ3n) is 2.40. The third-order valence-corrected chi connectivity index (χ3v) is 2.40. The van der Waals surface area contributed by atoms with E-state index in [2.05, 4.69) is 39.1 Å². The first-order valence-electron chi connectivity index (χ1n) is 4.51. The molecule has 0 rings (SSSR count). The van der Waals surface area contributed by atoms with Crippen molar-refractivity contribution in [2.75, 3.05) is 6.54 Å². The van der Waals surface area contributed by atoms with E-state index in [1.165, 1.54) is 0 Å². The van der Waals surface area contributed by atoms with Gasteiger partial charge in [-0.2, -0.15) is 5.26 Å². The van der Waals surface area contributed by atoms with Crippen molar-refractivity contribution in [3.05, 3.63) is 0 Å². The summed E-state index contributed by atoms with van der Waals surface area (Å²) in [7, 11) is 0. The molecule has 0 spiro atoms. The van der Waals surface area contributed by atoms with Crippen LogP contribution in [0, 0.1) is 22.7 Å². The number of rotatable bonds is 3. The summed E-state index contributed by atoms with van der Waals surface area (Å²) in [6.45, 7) is 11.7. The number of nitriles is 1. The molecule has 2 nitrogen and oxygen atoms in total. The van der Waals surface area contributed by atoms with E-state index < -0.39 is 0 Å². The molecule has 0 amide bonds. The summed E-state index contributed by atoms with van der Waals surface area (Å²) in [6, 6.07) is 2.13. The van der Waals surface area contributed by atoms with E-state index in [1.54, 1.807) is 0 Å². The predicted octanol–water partition coefficient (Wildman–Crippen LogP) is 2.17. The predicted molar refractivity (Wildman–Crippen MR) is 51.7 cm³/mol. The summed E-state index contributed by atoms with van der Waals surface area (Å²) in [4.78, 5) is 0. The second kappa shape index (κ2) is 4.47. The Morgan fingerprint density at radius 2 is 1.83 bits per heavy atom. The standard InChI is InChI=1S/C10H20N2/c1-8(10(3,4)5)7-12-9(2)6-11/h8-9,12H,7H2,1-5H3. The van der Waals surface area contributed by atoms with Crippen molar-refractivity contribution < 1.29 is 0 Å². The van der Waals surface area contributed by atoms with Crippen molar-refractivity contribution in [1.29, 1.82) is 5.26 Å². The Kier molecular flexibility index (Phi) is 4.26. The molecule has 0 heterocycles. The van der Waals surface area contributed by atoms with Crippen LogP contribution in [0.5, 0.6) is 0 Å². The highest BCUT2D eigenvalue weighted by Gasteiger charge is 2.19. The second-order valence-electron chi connectivity index (χ2n) is 4.53. The molecule has 0 aliphatic heterocycles. The molecule has 0 aromatic rings. The van der Waals surface area contributed by atoms with E-state index in [9.17, 15) is 0 Å². The van der Waals surface area contributed by atoms with Crippen molar-refractivity contribution in [3.8, 4) is 6.07 Å². The molecule has 1 N–H and O–H groups in total. The number of nitrogens with one attached hydrogen (secondary N) is 1. The SMILES string of the molecule is CC(C#N)NCC(C)C(C)(C)C. The van der Waals surface area contributed by atoms with Gasteiger partial charge in [-0.1, -0.05) is 27.7 Å². The molecule has 0 fully saturated rings. The molecule has 0 aliphatic carbocycles. The van der Waals surface area contributed by atoms with Gasteiger partial charge in [-0.15, -0.1) is 0 Å². The molecule has 2 atom stereocenters. The molecule has 0 radical (unpaired) electrons. The Balaban J connectivity index is 3.74. The number of hydrogen-bond acceptors (Lipinski definition) is 2. The summed E-state index contributed by atoms with van der Waals surface area (Å²) < 4.78 is 0. The molecule has 12 heavy (non-hydrogen) atoms. The van der Waals surface area contributed by atoms with Gasteiger partial charge >= 0.3 is 0 Å². The summed E-state index contributed by atoms with van der Waals surface area (Å²) in [5, 5.41) is 11.7. The van der Waals surface area contributed by atoms with Crippen LogP contribution >= 0.6 is 0 Å². The fourth-order valence-corrected chi connectivity index (χ4v) is 0.705. The largest absolute Gasteiger partial charge is 0.302 e. The minimum Gasteiger partial charge on any atom is -0.302 e. The average molecular weight is 168 g/mol. The zero-order valence-corrected chi connectivity index (χ0v) is 8.81. The van der Waals surface area contributed by atoms with Crippen molar-refractivity contribution in [1.82, 2.24) is 5.32 Å². The van der Waals surface area contributed by atoms with Gasteiger partial charge in [0.25, 0.3) is 0 Å². The van der Waals surface area contributed by atoms with E-state index in [1.807, 2.05) is 6.92 Å². The van der Waals surface area contributed by atoms with Gasteiger partial charge in [-0.25, -0.2) is 0 Å². The minimum atomic E-state index is -0.0326. The van der Waals surface area contributed by atoms with Crippen LogP contribution in [0.3, 0.4) is 0 Å². The quantitative estimate of drug-likeness (QED) is 0.701. The van der Waals surface area contributed by atoms with E-state index >= 15 is 0 Å². The van der Waals surface area contributed by atoms with E-state index in [-0.39, 0.29) is 6.04 Å². The van der Waals surface area contributed by atoms with Crippen LogP contribution in [0.15, 0.2) is 0 Å². The van der Waals surface area contributed by atoms with Crippen LogP contribution in [0.2, 0.25) is 0 Å². The highest BCUT2D eigenvalue weighted by molar-refractivity contribution is 4.86. The van der Waals surface area contributed by atoms with Crippen LogP contribution in [-0.2, 0) is 0 Å². The monoisotopic (exact) mass is 168 g/mol. The molecule has 0 bridgehead atoms. The third kappa shape index (κ3) is 4.35.